The highest BCUT2D eigenvalue weighted by Gasteiger charge is 2.27. The Morgan fingerprint density at radius 1 is 1.33 bits per heavy atom. The molecule has 0 bridgehead atoms. The van der Waals surface area contributed by atoms with Gasteiger partial charge in [0.05, 0.1) is 0 Å². The second-order valence-corrected chi connectivity index (χ2v) is 4.85. The van der Waals surface area contributed by atoms with Gasteiger partial charge in [-0.2, -0.15) is 0 Å². The van der Waals surface area contributed by atoms with Gasteiger partial charge in [-0.15, -0.1) is 6.58 Å². The third-order valence-electron chi connectivity index (χ3n) is 3.61. The third kappa shape index (κ3) is 4.35. The van der Waals surface area contributed by atoms with E-state index in [1.165, 1.54) is 32.1 Å². The van der Waals surface area contributed by atoms with Gasteiger partial charge in [-0.05, 0) is 25.8 Å². The summed E-state index contributed by atoms with van der Waals surface area (Å²) in [4.78, 5) is 2.41. The summed E-state index contributed by atoms with van der Waals surface area (Å²) in [5.41, 5.74) is 6.54. The highest BCUT2D eigenvalue weighted by Crippen LogP contribution is 2.28. The Bertz CT molecular complexity index is 183. The van der Waals surface area contributed by atoms with Gasteiger partial charge < -0.3 is 5.73 Å². The van der Waals surface area contributed by atoms with Crippen LogP contribution < -0.4 is 5.73 Å². The second-order valence-electron chi connectivity index (χ2n) is 4.85. The smallest absolute Gasteiger partial charge is 0.0166 e. The van der Waals surface area contributed by atoms with Crippen molar-refractivity contribution in [2.45, 2.75) is 51.0 Å². The first kappa shape index (κ1) is 12.7. The van der Waals surface area contributed by atoms with E-state index >= 15 is 0 Å². The zero-order valence-electron chi connectivity index (χ0n) is 10.2. The van der Waals surface area contributed by atoms with Crippen LogP contribution in [0.5, 0.6) is 0 Å². The molecule has 0 saturated heterocycles. The van der Waals surface area contributed by atoms with Gasteiger partial charge in [0, 0.05) is 18.6 Å². The predicted molar refractivity (Wildman–Crippen MR) is 66.9 cm³/mol. The number of hydrogen-bond acceptors (Lipinski definition) is 2. The molecule has 1 fully saturated rings. The maximum Gasteiger partial charge on any atom is 0.0166 e. The lowest BCUT2D eigenvalue weighted by Gasteiger charge is -2.35. The minimum atomic E-state index is 0.132. The fraction of sp³-hybridized carbons (Fsp3) is 0.846. The zero-order valence-corrected chi connectivity index (χ0v) is 10.2. The molecule has 2 nitrogen and oxygen atoms in total. The fourth-order valence-corrected chi connectivity index (χ4v) is 2.45. The summed E-state index contributed by atoms with van der Waals surface area (Å²) in [6.07, 6.45) is 9.59. The zero-order chi connectivity index (χ0) is 11.1. The largest absolute Gasteiger partial charge is 0.325 e. The van der Waals surface area contributed by atoms with Gasteiger partial charge in [0.2, 0.25) is 0 Å². The van der Waals surface area contributed by atoms with Gasteiger partial charge in [-0.1, -0.05) is 32.3 Å². The molecule has 0 aromatic carbocycles. The van der Waals surface area contributed by atoms with Crippen LogP contribution >= 0.6 is 0 Å². The number of hydrogen-bond donors (Lipinski definition) is 1. The van der Waals surface area contributed by atoms with Crippen molar-refractivity contribution in [3.63, 3.8) is 0 Å². The molecule has 0 aromatic heterocycles. The van der Waals surface area contributed by atoms with Crippen molar-refractivity contribution >= 4 is 0 Å². The Kier molecular flexibility index (Phi) is 5.34. The molecule has 1 aliphatic rings. The summed E-state index contributed by atoms with van der Waals surface area (Å²) in [7, 11) is 0. The lowest BCUT2D eigenvalue weighted by atomic mass is 9.80. The van der Waals surface area contributed by atoms with E-state index in [1.807, 2.05) is 6.08 Å². The van der Waals surface area contributed by atoms with Crippen LogP contribution in [0, 0.1) is 0 Å². The first-order valence-electron chi connectivity index (χ1n) is 6.32. The first-order chi connectivity index (χ1) is 7.20. The highest BCUT2D eigenvalue weighted by atomic mass is 15.1. The Morgan fingerprint density at radius 3 is 2.53 bits per heavy atom. The van der Waals surface area contributed by atoms with E-state index in [1.54, 1.807) is 0 Å². The van der Waals surface area contributed by atoms with E-state index in [2.05, 4.69) is 18.4 Å². The minimum Gasteiger partial charge on any atom is -0.325 e. The van der Waals surface area contributed by atoms with Crippen LogP contribution in [0.15, 0.2) is 12.7 Å². The van der Waals surface area contributed by atoms with E-state index in [0.717, 1.165) is 26.1 Å². The topological polar surface area (TPSA) is 29.3 Å². The molecule has 1 rings (SSSR count). The molecular formula is C13H26N2. The summed E-state index contributed by atoms with van der Waals surface area (Å²) in [6, 6.07) is 0. The molecule has 1 saturated carbocycles. The van der Waals surface area contributed by atoms with Crippen molar-refractivity contribution in [1.29, 1.82) is 0 Å². The van der Waals surface area contributed by atoms with Crippen LogP contribution in [0.25, 0.3) is 0 Å². The molecule has 88 valence electrons. The van der Waals surface area contributed by atoms with Gasteiger partial charge in [-0.25, -0.2) is 0 Å². The SMILES string of the molecule is C=CCN(CC)CCC1(N)CCCCC1. The molecule has 0 amide bonds. The summed E-state index contributed by atoms with van der Waals surface area (Å²) in [5.74, 6) is 0. The predicted octanol–water partition coefficient (Wildman–Crippen LogP) is 2.55. The maximum atomic E-state index is 6.41. The molecule has 0 aliphatic heterocycles. The number of likely N-dealkylation sites (N-methyl/N-ethyl adjacent to an activating group) is 1. The average Bonchev–Trinajstić information content (AvgIpc) is 2.25. The Hall–Kier alpha value is -0.340. The highest BCUT2D eigenvalue weighted by molar-refractivity contribution is 4.88. The summed E-state index contributed by atoms with van der Waals surface area (Å²) < 4.78 is 0. The van der Waals surface area contributed by atoms with Crippen LogP contribution in [0.1, 0.15) is 45.4 Å². The van der Waals surface area contributed by atoms with Crippen LogP contribution in [0.3, 0.4) is 0 Å². The lowest BCUT2D eigenvalue weighted by molar-refractivity contribution is 0.224. The lowest BCUT2D eigenvalue weighted by Crippen LogP contribution is -2.44. The van der Waals surface area contributed by atoms with E-state index in [-0.39, 0.29) is 5.54 Å². The molecule has 0 aromatic rings. The Balaban J connectivity index is 2.29. The van der Waals surface area contributed by atoms with Crippen molar-refractivity contribution < 1.29 is 0 Å². The van der Waals surface area contributed by atoms with Crippen molar-refractivity contribution in [3.8, 4) is 0 Å². The quantitative estimate of drug-likeness (QED) is 0.683. The standard InChI is InChI=1S/C13H26N2/c1-3-11-15(4-2)12-10-13(14)8-6-5-7-9-13/h3H,1,4-12,14H2,2H3. The molecular weight excluding hydrogens is 184 g/mol. The van der Waals surface area contributed by atoms with E-state index in [9.17, 15) is 0 Å². The number of nitrogens with zero attached hydrogens (tertiary/aromatic N) is 1. The van der Waals surface area contributed by atoms with Gasteiger partial charge in [-0.3, -0.25) is 4.90 Å². The molecule has 0 atom stereocenters. The molecule has 2 N–H and O–H groups in total. The van der Waals surface area contributed by atoms with Gasteiger partial charge in [0.25, 0.3) is 0 Å². The number of nitrogens with two attached hydrogens (primary N) is 1. The van der Waals surface area contributed by atoms with Crippen molar-refractivity contribution in [1.82, 2.24) is 4.90 Å². The summed E-state index contributed by atoms with van der Waals surface area (Å²) >= 11 is 0. The van der Waals surface area contributed by atoms with E-state index < -0.39 is 0 Å². The average molecular weight is 210 g/mol. The van der Waals surface area contributed by atoms with Crippen LogP contribution in [0.4, 0.5) is 0 Å². The van der Waals surface area contributed by atoms with E-state index in [0.29, 0.717) is 0 Å². The van der Waals surface area contributed by atoms with Gasteiger partial charge in [0.1, 0.15) is 0 Å². The van der Waals surface area contributed by atoms with Crippen molar-refractivity contribution in [2.75, 3.05) is 19.6 Å². The molecule has 0 spiro atoms. The normalized spacial score (nSPS) is 20.5. The summed E-state index contributed by atoms with van der Waals surface area (Å²) in [5, 5.41) is 0. The van der Waals surface area contributed by atoms with Crippen LogP contribution in [-0.4, -0.2) is 30.1 Å². The molecule has 0 unspecified atom stereocenters. The van der Waals surface area contributed by atoms with Crippen molar-refractivity contribution in [2.24, 2.45) is 5.73 Å². The Morgan fingerprint density at radius 2 is 2.00 bits per heavy atom. The minimum absolute atomic E-state index is 0.132. The molecule has 1 aliphatic carbocycles. The molecule has 15 heavy (non-hydrogen) atoms. The fourth-order valence-electron chi connectivity index (χ4n) is 2.45. The molecule has 0 radical (unpaired) electrons. The molecule has 0 heterocycles. The van der Waals surface area contributed by atoms with Crippen LogP contribution in [-0.2, 0) is 0 Å². The van der Waals surface area contributed by atoms with Crippen LogP contribution in [0.2, 0.25) is 0 Å². The Labute approximate surface area is 94.5 Å². The van der Waals surface area contributed by atoms with Gasteiger partial charge in [0.15, 0.2) is 0 Å². The first-order valence-corrected chi connectivity index (χ1v) is 6.32. The molecule has 2 heteroatoms. The summed E-state index contributed by atoms with van der Waals surface area (Å²) in [6.45, 7) is 9.21. The monoisotopic (exact) mass is 210 g/mol. The maximum absolute atomic E-state index is 6.41. The second kappa shape index (κ2) is 6.29. The van der Waals surface area contributed by atoms with Gasteiger partial charge >= 0.3 is 0 Å². The van der Waals surface area contributed by atoms with Crippen molar-refractivity contribution in [3.05, 3.63) is 12.7 Å². The number of rotatable bonds is 6. The van der Waals surface area contributed by atoms with E-state index in [4.69, 9.17) is 5.73 Å². The third-order valence-corrected chi connectivity index (χ3v) is 3.61.